The van der Waals surface area contributed by atoms with Gasteiger partial charge in [0.25, 0.3) is 21.6 Å². The Balaban J connectivity index is 1.73. The van der Waals surface area contributed by atoms with Crippen LogP contribution in [0.25, 0.3) is 0 Å². The smallest absolute Gasteiger partial charge is 0.269 e. The molecule has 2 aromatic carbocycles. The number of hydrogen-bond acceptors (Lipinski definition) is 8. The van der Waals surface area contributed by atoms with Crippen LogP contribution in [0.1, 0.15) is 10.4 Å². The molecule has 0 saturated carbocycles. The van der Waals surface area contributed by atoms with E-state index in [4.69, 9.17) is 9.47 Å². The van der Waals surface area contributed by atoms with Gasteiger partial charge in [0.15, 0.2) is 0 Å². The molecular formula is C20H18N4O7S. The molecular weight excluding hydrogens is 440 g/mol. The van der Waals surface area contributed by atoms with E-state index in [-0.39, 0.29) is 33.6 Å². The first-order valence-electron chi connectivity index (χ1n) is 9.00. The van der Waals surface area contributed by atoms with E-state index in [1.54, 1.807) is 0 Å². The van der Waals surface area contributed by atoms with Gasteiger partial charge < -0.3 is 14.8 Å². The van der Waals surface area contributed by atoms with Gasteiger partial charge in [0.2, 0.25) is 11.8 Å². The predicted octanol–water partition coefficient (Wildman–Crippen LogP) is 3.06. The minimum absolute atomic E-state index is 0.0411. The van der Waals surface area contributed by atoms with E-state index < -0.39 is 20.9 Å². The Morgan fingerprint density at radius 1 is 0.938 bits per heavy atom. The number of benzene rings is 2. The third-order valence-electron chi connectivity index (χ3n) is 4.21. The number of anilines is 2. The first-order valence-corrected chi connectivity index (χ1v) is 10.5. The topological polar surface area (TPSA) is 150 Å². The van der Waals surface area contributed by atoms with Crippen molar-refractivity contribution in [2.24, 2.45) is 0 Å². The normalized spacial score (nSPS) is 10.8. The largest absolute Gasteiger partial charge is 0.481 e. The van der Waals surface area contributed by atoms with Crippen LogP contribution in [-0.4, -0.2) is 38.5 Å². The van der Waals surface area contributed by atoms with Gasteiger partial charge in [0.05, 0.1) is 29.7 Å². The summed E-state index contributed by atoms with van der Waals surface area (Å²) >= 11 is 0. The van der Waals surface area contributed by atoms with Crippen LogP contribution in [0.3, 0.4) is 0 Å². The maximum absolute atomic E-state index is 12.7. The highest BCUT2D eigenvalue weighted by atomic mass is 32.2. The molecule has 0 aliphatic carbocycles. The van der Waals surface area contributed by atoms with Gasteiger partial charge in [-0.25, -0.2) is 8.42 Å². The maximum Gasteiger partial charge on any atom is 0.269 e. The molecule has 0 aliphatic rings. The number of aromatic nitrogens is 1. The Kier molecular flexibility index (Phi) is 6.54. The van der Waals surface area contributed by atoms with E-state index in [0.29, 0.717) is 5.69 Å². The summed E-state index contributed by atoms with van der Waals surface area (Å²) in [7, 11) is -1.15. The molecule has 0 aliphatic heterocycles. The lowest BCUT2D eigenvalue weighted by Crippen LogP contribution is -2.14. The van der Waals surface area contributed by atoms with Crippen molar-refractivity contribution in [3.05, 3.63) is 76.3 Å². The van der Waals surface area contributed by atoms with Crippen LogP contribution in [0.5, 0.6) is 11.8 Å². The highest BCUT2D eigenvalue weighted by molar-refractivity contribution is 7.92. The molecule has 0 spiro atoms. The van der Waals surface area contributed by atoms with Gasteiger partial charge in [0.1, 0.15) is 0 Å². The van der Waals surface area contributed by atoms with Crippen molar-refractivity contribution >= 4 is 33.0 Å². The Bertz CT molecular complexity index is 1220. The SMILES string of the molecule is COc1cc(NS(=O)(=O)c2ccc(NC(=O)c3ccc([N+](=O)[O-])cc3)cc2)cc(OC)n1. The summed E-state index contributed by atoms with van der Waals surface area (Å²) in [5.74, 6) is -0.151. The summed E-state index contributed by atoms with van der Waals surface area (Å²) in [5.41, 5.74) is 0.631. The molecule has 1 aromatic heterocycles. The van der Waals surface area contributed by atoms with E-state index >= 15 is 0 Å². The number of carbonyl (C=O) groups excluding carboxylic acids is 1. The minimum atomic E-state index is -3.94. The molecule has 11 nitrogen and oxygen atoms in total. The second-order valence-electron chi connectivity index (χ2n) is 6.33. The average Bonchev–Trinajstić information content (AvgIpc) is 2.78. The van der Waals surface area contributed by atoms with Crippen molar-refractivity contribution in [2.45, 2.75) is 4.90 Å². The molecule has 1 amide bonds. The summed E-state index contributed by atoms with van der Waals surface area (Å²) in [4.78, 5) is 26.4. The Morgan fingerprint density at radius 2 is 1.50 bits per heavy atom. The molecule has 32 heavy (non-hydrogen) atoms. The van der Waals surface area contributed by atoms with Gasteiger partial charge in [-0.05, 0) is 36.4 Å². The van der Waals surface area contributed by atoms with Gasteiger partial charge in [-0.1, -0.05) is 0 Å². The fourth-order valence-corrected chi connectivity index (χ4v) is 3.66. The number of nitro benzene ring substituents is 1. The van der Waals surface area contributed by atoms with E-state index in [2.05, 4.69) is 15.0 Å². The molecule has 3 aromatic rings. The average molecular weight is 458 g/mol. The zero-order valence-electron chi connectivity index (χ0n) is 16.9. The summed E-state index contributed by atoms with van der Waals surface area (Å²) in [6.45, 7) is 0. The maximum atomic E-state index is 12.7. The zero-order valence-corrected chi connectivity index (χ0v) is 17.8. The first kappa shape index (κ1) is 22.5. The molecule has 0 radical (unpaired) electrons. The van der Waals surface area contributed by atoms with Crippen molar-refractivity contribution in [1.82, 2.24) is 4.98 Å². The van der Waals surface area contributed by atoms with Crippen molar-refractivity contribution < 1.29 is 27.6 Å². The number of hydrogen-bond donors (Lipinski definition) is 2. The second kappa shape index (κ2) is 9.31. The summed E-state index contributed by atoms with van der Waals surface area (Å²) in [6, 6.07) is 13.4. The molecule has 0 unspecified atom stereocenters. The van der Waals surface area contributed by atoms with E-state index in [1.165, 1.54) is 74.9 Å². The lowest BCUT2D eigenvalue weighted by atomic mass is 10.2. The quantitative estimate of drug-likeness (QED) is 0.386. The third-order valence-corrected chi connectivity index (χ3v) is 5.61. The summed E-state index contributed by atoms with van der Waals surface area (Å²) < 4.78 is 37.8. The number of ether oxygens (including phenoxy) is 2. The molecule has 12 heteroatoms. The zero-order chi connectivity index (χ0) is 23.3. The van der Waals surface area contributed by atoms with Crippen LogP contribution in [-0.2, 0) is 10.0 Å². The number of nitrogens with one attached hydrogen (secondary N) is 2. The third kappa shape index (κ3) is 5.29. The Hall–Kier alpha value is -4.19. The lowest BCUT2D eigenvalue weighted by molar-refractivity contribution is -0.384. The highest BCUT2D eigenvalue weighted by Gasteiger charge is 2.16. The number of amides is 1. The standard InChI is InChI=1S/C20H18N4O7S/c1-30-18-11-15(12-19(22-18)31-2)23-32(28,29)17-9-5-14(6-10-17)21-20(25)13-3-7-16(8-4-13)24(26)27/h3-12H,1-2H3,(H,21,25)(H,22,23). The van der Waals surface area contributed by atoms with Gasteiger partial charge in [0, 0.05) is 35.5 Å². The minimum Gasteiger partial charge on any atom is -0.481 e. The highest BCUT2D eigenvalue weighted by Crippen LogP contribution is 2.25. The van der Waals surface area contributed by atoms with E-state index in [9.17, 15) is 23.3 Å². The molecule has 3 rings (SSSR count). The number of nitrogens with zero attached hydrogens (tertiary/aromatic N) is 2. The molecule has 0 saturated heterocycles. The van der Waals surface area contributed by atoms with Crippen LogP contribution in [0.15, 0.2) is 65.6 Å². The van der Waals surface area contributed by atoms with Crippen LogP contribution >= 0.6 is 0 Å². The fourth-order valence-electron chi connectivity index (χ4n) is 2.62. The van der Waals surface area contributed by atoms with Crippen molar-refractivity contribution in [3.63, 3.8) is 0 Å². The van der Waals surface area contributed by atoms with E-state index in [0.717, 1.165) is 0 Å². The van der Waals surface area contributed by atoms with Crippen LogP contribution in [0.4, 0.5) is 17.1 Å². The molecule has 0 fully saturated rings. The van der Waals surface area contributed by atoms with Crippen molar-refractivity contribution in [2.75, 3.05) is 24.3 Å². The number of non-ortho nitro benzene ring substituents is 1. The van der Waals surface area contributed by atoms with Gasteiger partial charge in [-0.15, -0.1) is 0 Å². The molecule has 166 valence electrons. The van der Waals surface area contributed by atoms with Crippen molar-refractivity contribution in [3.8, 4) is 11.8 Å². The Labute approximate surface area is 183 Å². The summed E-state index contributed by atoms with van der Waals surface area (Å²) in [6.07, 6.45) is 0. The van der Waals surface area contributed by atoms with Gasteiger partial charge in [-0.2, -0.15) is 4.98 Å². The van der Waals surface area contributed by atoms with Crippen LogP contribution in [0.2, 0.25) is 0 Å². The Morgan fingerprint density at radius 3 is 2.00 bits per heavy atom. The molecule has 1 heterocycles. The van der Waals surface area contributed by atoms with Gasteiger partial charge in [-0.3, -0.25) is 19.6 Å². The second-order valence-corrected chi connectivity index (χ2v) is 8.01. The van der Waals surface area contributed by atoms with Gasteiger partial charge >= 0.3 is 0 Å². The molecule has 2 N–H and O–H groups in total. The number of methoxy groups -OCH3 is 2. The first-order chi connectivity index (χ1) is 15.2. The lowest BCUT2D eigenvalue weighted by Gasteiger charge is -2.11. The fraction of sp³-hybridized carbons (Fsp3) is 0.100. The number of sulfonamides is 1. The van der Waals surface area contributed by atoms with E-state index in [1.807, 2.05) is 0 Å². The molecule has 0 atom stereocenters. The number of nitro groups is 1. The number of pyridine rings is 1. The van der Waals surface area contributed by atoms with Crippen LogP contribution in [0, 0.1) is 10.1 Å². The summed E-state index contributed by atoms with van der Waals surface area (Å²) in [5, 5.41) is 13.3. The number of rotatable bonds is 8. The van der Waals surface area contributed by atoms with Crippen molar-refractivity contribution in [1.29, 1.82) is 0 Å². The predicted molar refractivity (Wildman–Crippen MR) is 116 cm³/mol. The number of carbonyl (C=O) groups is 1. The van der Waals surface area contributed by atoms with Crippen LogP contribution < -0.4 is 19.5 Å². The molecule has 0 bridgehead atoms. The monoisotopic (exact) mass is 458 g/mol.